The molecule has 0 aromatic carbocycles. The Bertz CT molecular complexity index is 311. The van der Waals surface area contributed by atoms with Gasteiger partial charge in [-0.1, -0.05) is 6.42 Å². The average molecular weight is 210 g/mol. The van der Waals surface area contributed by atoms with E-state index in [1.165, 1.54) is 0 Å². The molecule has 1 fully saturated rings. The molecule has 4 heteroatoms. The fourth-order valence-electron chi connectivity index (χ4n) is 1.97. The molecular formula is C11H18N2O2. The molecule has 0 bridgehead atoms. The third kappa shape index (κ3) is 2.50. The smallest absolute Gasteiger partial charge is 0.157 e. The number of nitrogens with zero attached hydrogens (tertiary/aromatic N) is 2. The molecule has 4 nitrogen and oxygen atoms in total. The van der Waals surface area contributed by atoms with Crippen molar-refractivity contribution in [2.24, 2.45) is 0 Å². The molecule has 2 atom stereocenters. The Balaban J connectivity index is 1.95. The molecule has 0 amide bonds. The van der Waals surface area contributed by atoms with Gasteiger partial charge in [0.25, 0.3) is 0 Å². The van der Waals surface area contributed by atoms with Crippen molar-refractivity contribution >= 4 is 0 Å². The van der Waals surface area contributed by atoms with E-state index in [1.807, 2.05) is 17.8 Å². The molecule has 84 valence electrons. The molecule has 1 aliphatic rings. The van der Waals surface area contributed by atoms with Crippen LogP contribution in [-0.4, -0.2) is 27.1 Å². The van der Waals surface area contributed by atoms with Gasteiger partial charge in [0.1, 0.15) is 6.10 Å². The van der Waals surface area contributed by atoms with E-state index in [1.54, 1.807) is 6.20 Å². The predicted molar refractivity (Wildman–Crippen MR) is 56.8 cm³/mol. The predicted octanol–water partition coefficient (Wildman–Crippen LogP) is 1.59. The number of aliphatic hydroxyl groups excluding tert-OH is 1. The minimum absolute atomic E-state index is 0.0479. The first-order valence-electron chi connectivity index (χ1n) is 5.66. The summed E-state index contributed by atoms with van der Waals surface area (Å²) >= 11 is 0. The molecule has 1 aromatic rings. The van der Waals surface area contributed by atoms with Gasteiger partial charge in [0.05, 0.1) is 18.5 Å². The van der Waals surface area contributed by atoms with E-state index < -0.39 is 0 Å². The summed E-state index contributed by atoms with van der Waals surface area (Å²) in [6.45, 7) is 2.88. The highest BCUT2D eigenvalue weighted by molar-refractivity contribution is 5.12. The van der Waals surface area contributed by atoms with Crippen LogP contribution in [0.1, 0.15) is 32.6 Å². The largest absolute Gasteiger partial charge is 0.484 e. The summed E-state index contributed by atoms with van der Waals surface area (Å²) in [5.74, 6) is 0.766. The quantitative estimate of drug-likeness (QED) is 0.824. The molecule has 2 rings (SSSR count). The lowest BCUT2D eigenvalue weighted by atomic mass is 9.95. The SMILES string of the molecule is CCn1cc(OC2CCCCC2O)cn1. The first-order chi connectivity index (χ1) is 7.29. The van der Waals surface area contributed by atoms with Crippen LogP contribution in [0.25, 0.3) is 0 Å². The van der Waals surface area contributed by atoms with Crippen molar-refractivity contribution in [3.05, 3.63) is 12.4 Å². The third-order valence-corrected chi connectivity index (χ3v) is 2.89. The number of aryl methyl sites for hydroxylation is 1. The fraction of sp³-hybridized carbons (Fsp3) is 0.727. The molecule has 0 spiro atoms. The van der Waals surface area contributed by atoms with Gasteiger partial charge in [-0.2, -0.15) is 5.10 Å². The van der Waals surface area contributed by atoms with Crippen molar-refractivity contribution in [2.45, 2.75) is 51.4 Å². The van der Waals surface area contributed by atoms with Crippen LogP contribution in [0.5, 0.6) is 5.75 Å². The Kier molecular flexibility index (Phi) is 3.26. The Morgan fingerprint density at radius 3 is 3.00 bits per heavy atom. The van der Waals surface area contributed by atoms with E-state index in [-0.39, 0.29) is 12.2 Å². The van der Waals surface area contributed by atoms with Crippen LogP contribution in [0.3, 0.4) is 0 Å². The highest BCUT2D eigenvalue weighted by Gasteiger charge is 2.24. The average Bonchev–Trinajstić information content (AvgIpc) is 2.69. The summed E-state index contributed by atoms with van der Waals surface area (Å²) in [5, 5.41) is 13.9. The van der Waals surface area contributed by atoms with E-state index in [4.69, 9.17) is 4.74 Å². The normalized spacial score (nSPS) is 26.5. The Labute approximate surface area is 89.9 Å². The zero-order valence-corrected chi connectivity index (χ0v) is 9.09. The van der Waals surface area contributed by atoms with E-state index in [2.05, 4.69) is 5.10 Å². The maximum atomic E-state index is 9.74. The van der Waals surface area contributed by atoms with Gasteiger partial charge in [-0.3, -0.25) is 4.68 Å². The number of aromatic nitrogens is 2. The molecule has 0 saturated heterocycles. The van der Waals surface area contributed by atoms with E-state index in [0.29, 0.717) is 0 Å². The summed E-state index contributed by atoms with van der Waals surface area (Å²) in [5.41, 5.74) is 0. The van der Waals surface area contributed by atoms with Crippen LogP contribution in [0.4, 0.5) is 0 Å². The lowest BCUT2D eigenvalue weighted by Gasteiger charge is -2.27. The Morgan fingerprint density at radius 2 is 2.33 bits per heavy atom. The highest BCUT2D eigenvalue weighted by Crippen LogP contribution is 2.23. The summed E-state index contributed by atoms with van der Waals surface area (Å²) in [7, 11) is 0. The van der Waals surface area contributed by atoms with Crippen molar-refractivity contribution < 1.29 is 9.84 Å². The van der Waals surface area contributed by atoms with Gasteiger partial charge in [0, 0.05) is 6.54 Å². The van der Waals surface area contributed by atoms with Gasteiger partial charge >= 0.3 is 0 Å². The van der Waals surface area contributed by atoms with Crippen molar-refractivity contribution in [1.29, 1.82) is 0 Å². The molecule has 1 N–H and O–H groups in total. The molecule has 1 aliphatic carbocycles. The maximum absolute atomic E-state index is 9.74. The molecule has 0 radical (unpaired) electrons. The van der Waals surface area contributed by atoms with E-state index in [9.17, 15) is 5.11 Å². The topological polar surface area (TPSA) is 47.3 Å². The van der Waals surface area contributed by atoms with E-state index >= 15 is 0 Å². The molecule has 1 aromatic heterocycles. The van der Waals surface area contributed by atoms with Gasteiger partial charge < -0.3 is 9.84 Å². The number of ether oxygens (including phenoxy) is 1. The second-order valence-electron chi connectivity index (χ2n) is 4.04. The number of rotatable bonds is 3. The van der Waals surface area contributed by atoms with Crippen LogP contribution < -0.4 is 4.74 Å². The van der Waals surface area contributed by atoms with Gasteiger partial charge in [-0.15, -0.1) is 0 Å². The lowest BCUT2D eigenvalue weighted by molar-refractivity contribution is 0.00683. The van der Waals surface area contributed by atoms with Crippen molar-refractivity contribution in [3.63, 3.8) is 0 Å². The first kappa shape index (κ1) is 10.5. The second kappa shape index (κ2) is 4.66. The fourth-order valence-corrected chi connectivity index (χ4v) is 1.97. The standard InChI is InChI=1S/C11H18N2O2/c1-2-13-8-9(7-12-13)15-11-6-4-3-5-10(11)14/h7-8,10-11,14H,2-6H2,1H3. The zero-order valence-electron chi connectivity index (χ0n) is 9.09. The minimum atomic E-state index is -0.316. The first-order valence-corrected chi connectivity index (χ1v) is 5.66. The third-order valence-electron chi connectivity index (χ3n) is 2.89. The summed E-state index contributed by atoms with van der Waals surface area (Å²) < 4.78 is 7.54. The van der Waals surface area contributed by atoms with Gasteiger partial charge in [0.15, 0.2) is 5.75 Å². The molecule has 0 aliphatic heterocycles. The zero-order chi connectivity index (χ0) is 10.7. The van der Waals surface area contributed by atoms with Gasteiger partial charge in [-0.05, 0) is 26.2 Å². The van der Waals surface area contributed by atoms with Crippen molar-refractivity contribution in [2.75, 3.05) is 0 Å². The summed E-state index contributed by atoms with van der Waals surface area (Å²) in [6, 6.07) is 0. The molecular weight excluding hydrogens is 192 g/mol. The number of hydrogen-bond donors (Lipinski definition) is 1. The van der Waals surface area contributed by atoms with Crippen LogP contribution in [-0.2, 0) is 6.54 Å². The summed E-state index contributed by atoms with van der Waals surface area (Å²) in [6.07, 6.45) is 7.27. The number of aliphatic hydroxyl groups is 1. The molecule has 1 heterocycles. The Hall–Kier alpha value is -1.03. The van der Waals surface area contributed by atoms with Gasteiger partial charge in [-0.25, -0.2) is 0 Å². The maximum Gasteiger partial charge on any atom is 0.157 e. The molecule has 15 heavy (non-hydrogen) atoms. The highest BCUT2D eigenvalue weighted by atomic mass is 16.5. The summed E-state index contributed by atoms with van der Waals surface area (Å²) in [4.78, 5) is 0. The number of hydrogen-bond acceptors (Lipinski definition) is 3. The van der Waals surface area contributed by atoms with Crippen LogP contribution in [0, 0.1) is 0 Å². The monoisotopic (exact) mass is 210 g/mol. The van der Waals surface area contributed by atoms with Crippen LogP contribution in [0.2, 0.25) is 0 Å². The lowest BCUT2D eigenvalue weighted by Crippen LogP contribution is -2.34. The van der Waals surface area contributed by atoms with Crippen LogP contribution in [0.15, 0.2) is 12.4 Å². The Morgan fingerprint density at radius 1 is 1.53 bits per heavy atom. The molecule has 1 saturated carbocycles. The second-order valence-corrected chi connectivity index (χ2v) is 4.04. The van der Waals surface area contributed by atoms with Crippen molar-refractivity contribution in [1.82, 2.24) is 9.78 Å². The minimum Gasteiger partial charge on any atom is -0.484 e. The van der Waals surface area contributed by atoms with Crippen LogP contribution >= 0.6 is 0 Å². The van der Waals surface area contributed by atoms with E-state index in [0.717, 1.165) is 38.0 Å². The van der Waals surface area contributed by atoms with Crippen molar-refractivity contribution in [3.8, 4) is 5.75 Å². The molecule has 2 unspecified atom stereocenters. The van der Waals surface area contributed by atoms with Gasteiger partial charge in [0.2, 0.25) is 0 Å².